The first kappa shape index (κ1) is 13.6. The summed E-state index contributed by atoms with van der Waals surface area (Å²) in [5.74, 6) is 1.88. The van der Waals surface area contributed by atoms with E-state index in [1.807, 2.05) is 23.0 Å². The minimum Gasteiger partial charge on any atom is -0.481 e. The van der Waals surface area contributed by atoms with Gasteiger partial charge >= 0.3 is 0 Å². The smallest absolute Gasteiger partial charge is 0.212 e. The lowest BCUT2D eigenvalue weighted by molar-refractivity contribution is 0.384. The molecule has 0 fully saturated rings. The number of aromatic amines is 1. The van der Waals surface area contributed by atoms with E-state index in [0.717, 1.165) is 22.6 Å². The van der Waals surface area contributed by atoms with Gasteiger partial charge in [-0.15, -0.1) is 0 Å². The Balaban J connectivity index is 2.01. The van der Waals surface area contributed by atoms with Crippen molar-refractivity contribution >= 4 is 11.2 Å². The molecule has 1 N–H and O–H groups in total. The highest BCUT2D eigenvalue weighted by Crippen LogP contribution is 2.25. The number of rotatable bonds is 4. The van der Waals surface area contributed by atoms with Crippen molar-refractivity contribution < 1.29 is 4.74 Å². The lowest BCUT2D eigenvalue weighted by Gasteiger charge is -2.15. The number of H-pyrrole nitrogens is 1. The van der Waals surface area contributed by atoms with E-state index in [-0.39, 0.29) is 0 Å². The summed E-state index contributed by atoms with van der Waals surface area (Å²) in [5.41, 5.74) is 2.74. The average molecular weight is 285 g/mol. The van der Waals surface area contributed by atoms with E-state index in [4.69, 9.17) is 4.74 Å². The minimum absolute atomic E-state index is 0.299. The van der Waals surface area contributed by atoms with Gasteiger partial charge in [0.2, 0.25) is 5.88 Å². The van der Waals surface area contributed by atoms with Gasteiger partial charge < -0.3 is 9.72 Å². The minimum atomic E-state index is 0.299. The van der Waals surface area contributed by atoms with Crippen LogP contribution in [0.25, 0.3) is 22.6 Å². The Morgan fingerprint density at radius 1 is 1.19 bits per heavy atom. The molecule has 6 nitrogen and oxygen atoms in total. The maximum Gasteiger partial charge on any atom is 0.212 e. The largest absolute Gasteiger partial charge is 0.481 e. The Morgan fingerprint density at radius 2 is 2.00 bits per heavy atom. The molecule has 3 aromatic heterocycles. The third kappa shape index (κ3) is 2.37. The molecule has 3 heterocycles. The molecule has 0 spiro atoms. The van der Waals surface area contributed by atoms with Crippen LogP contribution in [0.5, 0.6) is 5.88 Å². The van der Waals surface area contributed by atoms with Gasteiger partial charge in [-0.05, 0) is 18.9 Å². The summed E-state index contributed by atoms with van der Waals surface area (Å²) >= 11 is 0. The van der Waals surface area contributed by atoms with Crippen LogP contribution in [0, 0.1) is 5.92 Å². The molecular weight excluding hydrogens is 266 g/mol. The highest BCUT2D eigenvalue weighted by atomic mass is 16.5. The topological polar surface area (TPSA) is 68.6 Å². The van der Waals surface area contributed by atoms with E-state index in [2.05, 4.69) is 40.8 Å². The Bertz CT molecular complexity index is 741. The SMILES string of the molecule is COc1ccc(-c2nc3c(cnn3C(C)C(C)C)[nH]2)cn1. The van der Waals surface area contributed by atoms with Crippen LogP contribution in [0.15, 0.2) is 24.5 Å². The molecule has 3 rings (SSSR count). The number of nitrogens with one attached hydrogen (secondary N) is 1. The molecule has 21 heavy (non-hydrogen) atoms. The molecule has 1 unspecified atom stereocenters. The van der Waals surface area contributed by atoms with Crippen molar-refractivity contribution in [3.63, 3.8) is 0 Å². The van der Waals surface area contributed by atoms with E-state index in [9.17, 15) is 0 Å². The van der Waals surface area contributed by atoms with Gasteiger partial charge in [0.25, 0.3) is 0 Å². The fourth-order valence-corrected chi connectivity index (χ4v) is 2.18. The fourth-order valence-electron chi connectivity index (χ4n) is 2.18. The summed E-state index contributed by atoms with van der Waals surface area (Å²) in [7, 11) is 1.60. The van der Waals surface area contributed by atoms with E-state index in [1.54, 1.807) is 13.3 Å². The first-order chi connectivity index (χ1) is 10.1. The van der Waals surface area contributed by atoms with Crippen LogP contribution in [0.4, 0.5) is 0 Å². The second-order valence-electron chi connectivity index (χ2n) is 5.49. The number of imidazole rings is 1. The molecule has 0 aliphatic rings. The number of aromatic nitrogens is 5. The van der Waals surface area contributed by atoms with Crippen molar-refractivity contribution in [3.05, 3.63) is 24.5 Å². The monoisotopic (exact) mass is 285 g/mol. The summed E-state index contributed by atoms with van der Waals surface area (Å²) in [6, 6.07) is 4.06. The molecule has 0 amide bonds. The number of methoxy groups -OCH3 is 1. The first-order valence-corrected chi connectivity index (χ1v) is 7.03. The molecule has 1 atom stereocenters. The third-order valence-corrected chi connectivity index (χ3v) is 3.81. The maximum absolute atomic E-state index is 5.07. The van der Waals surface area contributed by atoms with Crippen molar-refractivity contribution in [3.8, 4) is 17.3 Å². The van der Waals surface area contributed by atoms with Crippen LogP contribution < -0.4 is 4.74 Å². The van der Waals surface area contributed by atoms with Gasteiger partial charge in [-0.1, -0.05) is 13.8 Å². The number of hydrogen-bond acceptors (Lipinski definition) is 4. The summed E-state index contributed by atoms with van der Waals surface area (Å²) in [5, 5.41) is 4.43. The number of ether oxygens (including phenoxy) is 1. The van der Waals surface area contributed by atoms with Gasteiger partial charge in [0.1, 0.15) is 11.3 Å². The van der Waals surface area contributed by atoms with Crippen LogP contribution in [-0.4, -0.2) is 31.8 Å². The Morgan fingerprint density at radius 3 is 2.62 bits per heavy atom. The standard InChI is InChI=1S/C15H19N5O/c1-9(2)10(3)20-15-12(8-17-20)18-14(19-15)11-5-6-13(21-4)16-7-11/h5-10H,1-4H3,(H,18,19). The van der Waals surface area contributed by atoms with Crippen molar-refractivity contribution in [1.82, 2.24) is 24.7 Å². The van der Waals surface area contributed by atoms with Crippen LogP contribution in [0.1, 0.15) is 26.8 Å². The van der Waals surface area contributed by atoms with Crippen molar-refractivity contribution in [1.29, 1.82) is 0 Å². The Hall–Kier alpha value is -2.37. The zero-order chi connectivity index (χ0) is 15.0. The maximum atomic E-state index is 5.07. The molecule has 110 valence electrons. The fraction of sp³-hybridized carbons (Fsp3) is 0.400. The van der Waals surface area contributed by atoms with Crippen molar-refractivity contribution in [2.24, 2.45) is 5.92 Å². The summed E-state index contributed by atoms with van der Waals surface area (Å²) < 4.78 is 7.04. The predicted octanol–water partition coefficient (Wildman–Crippen LogP) is 3.05. The van der Waals surface area contributed by atoms with Gasteiger partial charge in [0.15, 0.2) is 5.65 Å². The molecule has 3 aromatic rings. The van der Waals surface area contributed by atoms with Gasteiger partial charge in [0.05, 0.1) is 19.3 Å². The highest BCUT2D eigenvalue weighted by Gasteiger charge is 2.17. The number of hydrogen-bond donors (Lipinski definition) is 1. The Labute approximate surface area is 123 Å². The third-order valence-electron chi connectivity index (χ3n) is 3.81. The van der Waals surface area contributed by atoms with Crippen LogP contribution in [0.2, 0.25) is 0 Å². The number of pyridine rings is 1. The zero-order valence-corrected chi connectivity index (χ0v) is 12.7. The van der Waals surface area contributed by atoms with Crippen LogP contribution in [0.3, 0.4) is 0 Å². The van der Waals surface area contributed by atoms with Crippen molar-refractivity contribution in [2.45, 2.75) is 26.8 Å². The molecule has 0 aliphatic heterocycles. The van der Waals surface area contributed by atoms with E-state index >= 15 is 0 Å². The molecular formula is C15H19N5O. The summed E-state index contributed by atoms with van der Waals surface area (Å²) in [4.78, 5) is 12.2. The quantitative estimate of drug-likeness (QED) is 0.800. The van der Waals surface area contributed by atoms with E-state index < -0.39 is 0 Å². The average Bonchev–Trinajstić information content (AvgIpc) is 3.06. The van der Waals surface area contributed by atoms with Gasteiger partial charge in [-0.2, -0.15) is 5.10 Å². The van der Waals surface area contributed by atoms with Gasteiger partial charge in [0, 0.05) is 17.8 Å². The second-order valence-corrected chi connectivity index (χ2v) is 5.49. The lowest BCUT2D eigenvalue weighted by atomic mass is 10.1. The molecule has 0 aliphatic carbocycles. The first-order valence-electron chi connectivity index (χ1n) is 7.03. The van der Waals surface area contributed by atoms with Crippen molar-refractivity contribution in [2.75, 3.05) is 7.11 Å². The highest BCUT2D eigenvalue weighted by molar-refractivity contribution is 5.75. The molecule has 6 heteroatoms. The van der Waals surface area contributed by atoms with E-state index in [1.165, 1.54) is 0 Å². The van der Waals surface area contributed by atoms with Crippen LogP contribution >= 0.6 is 0 Å². The molecule has 0 aromatic carbocycles. The van der Waals surface area contributed by atoms with Crippen LogP contribution in [-0.2, 0) is 0 Å². The molecule has 0 saturated carbocycles. The number of fused-ring (bicyclic) bond motifs is 1. The van der Waals surface area contributed by atoms with Gasteiger partial charge in [-0.3, -0.25) is 0 Å². The van der Waals surface area contributed by atoms with Gasteiger partial charge in [-0.25, -0.2) is 14.6 Å². The molecule has 0 bridgehead atoms. The molecule has 0 radical (unpaired) electrons. The normalized spacial score (nSPS) is 13.0. The zero-order valence-electron chi connectivity index (χ0n) is 12.7. The van der Waals surface area contributed by atoms with E-state index in [0.29, 0.717) is 17.8 Å². The summed E-state index contributed by atoms with van der Waals surface area (Å²) in [6.07, 6.45) is 3.57. The Kier molecular flexibility index (Phi) is 3.37. The molecule has 0 saturated heterocycles. The predicted molar refractivity (Wildman–Crippen MR) is 81.2 cm³/mol. The summed E-state index contributed by atoms with van der Waals surface area (Å²) in [6.45, 7) is 6.51. The second kappa shape index (κ2) is 5.20. The number of nitrogens with zero attached hydrogens (tertiary/aromatic N) is 4. The lowest BCUT2D eigenvalue weighted by Crippen LogP contribution is -2.12.